The van der Waals surface area contributed by atoms with E-state index in [-0.39, 0.29) is 30.8 Å². The summed E-state index contributed by atoms with van der Waals surface area (Å²) < 4.78 is 41.2. The molecule has 0 bridgehead atoms. The SMILES string of the molecule is CC(C)Cc1nc2c(cnn2[C@@H]2CCN(C3COC3)C[C@H]2C)c(-c2ccc3c(c2)OCC(=O)N3Cc2ncc(F)cc2F)c1C(N)=O. The molecule has 13 heteroatoms. The van der Waals surface area contributed by atoms with Gasteiger partial charge in [0.15, 0.2) is 12.3 Å². The number of halogens is 2. The Morgan fingerprint density at radius 2 is 1.96 bits per heavy atom. The van der Waals surface area contributed by atoms with Crippen molar-refractivity contribution in [1.29, 1.82) is 0 Å². The first-order chi connectivity index (χ1) is 22.6. The summed E-state index contributed by atoms with van der Waals surface area (Å²) in [6, 6.07) is 6.54. The lowest BCUT2D eigenvalue weighted by molar-refractivity contribution is -0.121. The summed E-state index contributed by atoms with van der Waals surface area (Å²) in [4.78, 5) is 38.8. The third-order valence-electron chi connectivity index (χ3n) is 9.39. The number of nitrogens with two attached hydrogens (primary N) is 1. The zero-order chi connectivity index (χ0) is 33.0. The molecule has 47 heavy (non-hydrogen) atoms. The Kier molecular flexibility index (Phi) is 8.13. The van der Waals surface area contributed by atoms with E-state index in [0.29, 0.717) is 63.2 Å². The van der Waals surface area contributed by atoms with Crippen LogP contribution in [0.15, 0.2) is 36.7 Å². The van der Waals surface area contributed by atoms with E-state index < -0.39 is 23.4 Å². The number of rotatable bonds is 8. The molecule has 0 radical (unpaired) electrons. The van der Waals surface area contributed by atoms with E-state index in [9.17, 15) is 18.4 Å². The second-order valence-electron chi connectivity index (χ2n) is 13.1. The van der Waals surface area contributed by atoms with Crippen LogP contribution < -0.4 is 15.4 Å². The number of pyridine rings is 2. The Morgan fingerprint density at radius 3 is 2.64 bits per heavy atom. The number of hydrogen-bond acceptors (Lipinski definition) is 8. The van der Waals surface area contributed by atoms with E-state index in [4.69, 9.17) is 25.3 Å². The molecule has 7 rings (SSSR count). The summed E-state index contributed by atoms with van der Waals surface area (Å²) in [6.07, 6.45) is 4.10. The zero-order valence-electron chi connectivity index (χ0n) is 26.6. The fraction of sp³-hybridized carbons (Fsp3) is 0.441. The second kappa shape index (κ2) is 12.3. The molecule has 0 unspecified atom stereocenters. The van der Waals surface area contributed by atoms with Gasteiger partial charge in [-0.1, -0.05) is 26.8 Å². The number of aromatic nitrogens is 4. The van der Waals surface area contributed by atoms with E-state index in [1.807, 2.05) is 4.68 Å². The molecule has 3 aliphatic heterocycles. The van der Waals surface area contributed by atoms with Gasteiger partial charge in [-0.3, -0.25) is 24.4 Å². The lowest BCUT2D eigenvalue weighted by atomic mass is 9.91. The van der Waals surface area contributed by atoms with E-state index in [0.717, 1.165) is 45.0 Å². The standard InChI is InChI=1S/C34H37F2N7O4/c1-18(2)8-25-32(33(37)45)31(23-12-39-43(34(23)40-25)27-6-7-41(13-19(27)3)22-15-46-16-22)20-4-5-28-29(9-20)47-17-30(44)42(28)14-26-24(36)10-21(35)11-38-26/h4-5,9-12,18-19,22,27H,6-8,13-17H2,1-3H3,(H2,37,45)/t19-,27-/m1/s1. The maximum atomic E-state index is 14.5. The minimum atomic E-state index is -0.848. The van der Waals surface area contributed by atoms with Crippen LogP contribution in [0, 0.1) is 23.5 Å². The summed E-state index contributed by atoms with van der Waals surface area (Å²) in [5, 5.41) is 5.55. The molecule has 246 valence electrons. The largest absolute Gasteiger partial charge is 0.482 e. The molecule has 0 saturated carbocycles. The first kappa shape index (κ1) is 31.1. The van der Waals surface area contributed by atoms with Gasteiger partial charge in [-0.2, -0.15) is 5.10 Å². The zero-order valence-corrected chi connectivity index (χ0v) is 26.6. The highest BCUT2D eigenvalue weighted by Crippen LogP contribution is 2.42. The molecule has 2 atom stereocenters. The highest BCUT2D eigenvalue weighted by atomic mass is 19.1. The molecule has 1 aromatic carbocycles. The van der Waals surface area contributed by atoms with Crippen LogP contribution in [0.3, 0.4) is 0 Å². The van der Waals surface area contributed by atoms with Crippen LogP contribution in [0.5, 0.6) is 5.75 Å². The highest BCUT2D eigenvalue weighted by Gasteiger charge is 2.36. The van der Waals surface area contributed by atoms with Crippen LogP contribution in [0.1, 0.15) is 55.0 Å². The average Bonchev–Trinajstić information content (AvgIpc) is 3.40. The molecule has 4 aromatic rings. The lowest BCUT2D eigenvalue weighted by Crippen LogP contribution is -2.54. The Balaban J connectivity index is 1.31. The van der Waals surface area contributed by atoms with E-state index in [2.05, 4.69) is 30.7 Å². The Bertz CT molecular complexity index is 1870. The van der Waals surface area contributed by atoms with Crippen molar-refractivity contribution in [3.63, 3.8) is 0 Å². The first-order valence-corrected chi connectivity index (χ1v) is 16.0. The van der Waals surface area contributed by atoms with Crippen molar-refractivity contribution in [2.45, 2.75) is 52.2 Å². The number of nitrogens with zero attached hydrogens (tertiary/aromatic N) is 6. The van der Waals surface area contributed by atoms with Gasteiger partial charge in [-0.15, -0.1) is 0 Å². The quantitative estimate of drug-likeness (QED) is 0.301. The molecule has 11 nitrogen and oxygen atoms in total. The van der Waals surface area contributed by atoms with Crippen molar-refractivity contribution < 1.29 is 27.8 Å². The van der Waals surface area contributed by atoms with Gasteiger partial charge in [0.25, 0.3) is 11.8 Å². The molecule has 0 spiro atoms. The molecule has 0 aliphatic carbocycles. The van der Waals surface area contributed by atoms with E-state index in [1.54, 1.807) is 24.4 Å². The maximum absolute atomic E-state index is 14.5. The Hall–Kier alpha value is -4.49. The van der Waals surface area contributed by atoms with Crippen molar-refractivity contribution in [3.05, 3.63) is 65.2 Å². The molecule has 3 aliphatic rings. The Labute approximate surface area is 270 Å². The van der Waals surface area contributed by atoms with Crippen LogP contribution in [0.25, 0.3) is 22.2 Å². The average molecular weight is 646 g/mol. The fourth-order valence-electron chi connectivity index (χ4n) is 6.99. The molecule has 2 fully saturated rings. The van der Waals surface area contributed by atoms with Gasteiger partial charge in [0.2, 0.25) is 0 Å². The number of piperidine rings is 1. The van der Waals surface area contributed by atoms with Crippen molar-refractivity contribution in [2.24, 2.45) is 17.6 Å². The monoisotopic (exact) mass is 645 g/mol. The fourth-order valence-corrected chi connectivity index (χ4v) is 6.99. The normalized spacial score (nSPS) is 20.4. The van der Waals surface area contributed by atoms with Gasteiger partial charge in [0.1, 0.15) is 17.4 Å². The van der Waals surface area contributed by atoms with Crippen molar-refractivity contribution in [2.75, 3.05) is 37.8 Å². The number of ether oxygens (including phenoxy) is 2. The number of amides is 2. The number of hydrogen-bond donors (Lipinski definition) is 1. The minimum absolute atomic E-state index is 0.0737. The van der Waals surface area contributed by atoms with Crippen molar-refractivity contribution >= 4 is 28.5 Å². The predicted octanol–water partition coefficient (Wildman–Crippen LogP) is 4.28. The second-order valence-corrected chi connectivity index (χ2v) is 13.1. The first-order valence-electron chi connectivity index (χ1n) is 16.0. The molecule has 3 aromatic heterocycles. The number of carbonyl (C=O) groups is 2. The number of primary amides is 1. The molecular weight excluding hydrogens is 608 g/mol. The Morgan fingerprint density at radius 1 is 1.15 bits per heavy atom. The van der Waals surface area contributed by atoms with E-state index >= 15 is 0 Å². The molecule has 2 N–H and O–H groups in total. The molecule has 2 saturated heterocycles. The summed E-state index contributed by atoms with van der Waals surface area (Å²) >= 11 is 0. The summed E-state index contributed by atoms with van der Waals surface area (Å²) in [5.74, 6) is -1.78. The summed E-state index contributed by atoms with van der Waals surface area (Å²) in [6.45, 7) is 9.29. The van der Waals surface area contributed by atoms with Crippen molar-refractivity contribution in [1.82, 2.24) is 24.6 Å². The van der Waals surface area contributed by atoms with Crippen LogP contribution in [0.2, 0.25) is 0 Å². The summed E-state index contributed by atoms with van der Waals surface area (Å²) in [7, 11) is 0. The van der Waals surface area contributed by atoms with Gasteiger partial charge in [-0.05, 0) is 42.4 Å². The van der Waals surface area contributed by atoms with Gasteiger partial charge in [0, 0.05) is 30.1 Å². The van der Waals surface area contributed by atoms with Gasteiger partial charge in [0.05, 0.1) is 66.9 Å². The number of benzene rings is 1. The molecular formula is C34H37F2N7O4. The summed E-state index contributed by atoms with van der Waals surface area (Å²) in [5.41, 5.74) is 9.24. The van der Waals surface area contributed by atoms with Crippen LogP contribution >= 0.6 is 0 Å². The van der Waals surface area contributed by atoms with Crippen LogP contribution in [-0.4, -0.2) is 75.4 Å². The van der Waals surface area contributed by atoms with E-state index in [1.165, 1.54) is 4.90 Å². The van der Waals surface area contributed by atoms with Crippen LogP contribution in [-0.2, 0) is 22.5 Å². The lowest BCUT2D eigenvalue weighted by Gasteiger charge is -2.44. The third kappa shape index (κ3) is 5.71. The predicted molar refractivity (Wildman–Crippen MR) is 170 cm³/mol. The minimum Gasteiger partial charge on any atom is -0.482 e. The molecule has 6 heterocycles. The number of fused-ring (bicyclic) bond motifs is 2. The highest BCUT2D eigenvalue weighted by molar-refractivity contribution is 6.09. The van der Waals surface area contributed by atoms with Crippen LogP contribution in [0.4, 0.5) is 14.5 Å². The number of anilines is 1. The maximum Gasteiger partial charge on any atom is 0.265 e. The smallest absolute Gasteiger partial charge is 0.265 e. The third-order valence-corrected chi connectivity index (χ3v) is 9.39. The van der Waals surface area contributed by atoms with Crippen molar-refractivity contribution in [3.8, 4) is 16.9 Å². The van der Waals surface area contributed by atoms with Gasteiger partial charge < -0.3 is 15.2 Å². The number of likely N-dealkylation sites (tertiary alicyclic amines) is 1. The topological polar surface area (TPSA) is 129 Å². The van der Waals surface area contributed by atoms with Gasteiger partial charge in [-0.25, -0.2) is 18.4 Å². The molecule has 2 amide bonds. The number of carbonyl (C=O) groups excluding carboxylic acids is 2. The van der Waals surface area contributed by atoms with Gasteiger partial charge >= 0.3 is 0 Å².